The van der Waals surface area contributed by atoms with Gasteiger partial charge >= 0.3 is 0 Å². The Labute approximate surface area is 151 Å². The van der Waals surface area contributed by atoms with Gasteiger partial charge in [-0.1, -0.05) is 17.7 Å². The van der Waals surface area contributed by atoms with Crippen LogP contribution in [0.4, 0.5) is 5.69 Å². The summed E-state index contributed by atoms with van der Waals surface area (Å²) in [6.45, 7) is 3.56. The van der Waals surface area contributed by atoms with E-state index in [1.54, 1.807) is 53.4 Å². The number of Topliss-reactive ketones (excluding diaryl/α,β-unsaturated/α-hetero) is 1. The maximum atomic E-state index is 12.1. The zero-order chi connectivity index (χ0) is 18.4. The first-order valence-electron chi connectivity index (χ1n) is 7.81. The van der Waals surface area contributed by atoms with Crippen LogP contribution in [0.3, 0.4) is 0 Å². The molecule has 2 aromatic rings. The Morgan fingerprint density at radius 3 is 2.24 bits per heavy atom. The summed E-state index contributed by atoms with van der Waals surface area (Å²) in [6, 6.07) is 13.4. The molecule has 0 aliphatic rings. The van der Waals surface area contributed by atoms with Crippen LogP contribution in [0.5, 0.6) is 0 Å². The van der Waals surface area contributed by atoms with Gasteiger partial charge in [-0.2, -0.15) is 0 Å². The SMILES string of the molecule is CC(=O)c1ccc(N(CCNC(=O)c2cccc(Cl)c2)C(C)=O)cc1. The summed E-state index contributed by atoms with van der Waals surface area (Å²) < 4.78 is 0. The third kappa shape index (κ3) is 5.16. The van der Waals surface area contributed by atoms with Crippen LogP contribution in [0, 0.1) is 0 Å². The van der Waals surface area contributed by atoms with Crippen molar-refractivity contribution in [3.8, 4) is 0 Å². The number of hydrogen-bond acceptors (Lipinski definition) is 3. The lowest BCUT2D eigenvalue weighted by Gasteiger charge is -2.21. The average molecular weight is 359 g/mol. The molecular weight excluding hydrogens is 340 g/mol. The van der Waals surface area contributed by atoms with Gasteiger partial charge in [-0.25, -0.2) is 0 Å². The largest absolute Gasteiger partial charge is 0.350 e. The number of ketones is 1. The highest BCUT2D eigenvalue weighted by Crippen LogP contribution is 2.16. The summed E-state index contributed by atoms with van der Waals surface area (Å²) in [5.74, 6) is -0.430. The predicted octanol–water partition coefficient (Wildman–Crippen LogP) is 3.33. The number of carbonyl (C=O) groups is 3. The minimum absolute atomic E-state index is 0.0327. The van der Waals surface area contributed by atoms with E-state index in [9.17, 15) is 14.4 Å². The number of carbonyl (C=O) groups excluding carboxylic acids is 3. The third-order valence-electron chi connectivity index (χ3n) is 3.67. The molecule has 0 radical (unpaired) electrons. The molecule has 2 aromatic carbocycles. The number of hydrogen-bond donors (Lipinski definition) is 1. The van der Waals surface area contributed by atoms with E-state index in [0.717, 1.165) is 0 Å². The summed E-state index contributed by atoms with van der Waals surface area (Å²) in [6.07, 6.45) is 0. The van der Waals surface area contributed by atoms with Gasteiger partial charge in [0.25, 0.3) is 5.91 Å². The Bertz CT molecular complexity index is 788. The monoisotopic (exact) mass is 358 g/mol. The van der Waals surface area contributed by atoms with Gasteiger partial charge in [-0.3, -0.25) is 14.4 Å². The number of benzene rings is 2. The van der Waals surface area contributed by atoms with E-state index in [1.807, 2.05) is 0 Å². The van der Waals surface area contributed by atoms with Gasteiger partial charge in [0.1, 0.15) is 0 Å². The van der Waals surface area contributed by atoms with Crippen LogP contribution in [-0.4, -0.2) is 30.7 Å². The summed E-state index contributed by atoms with van der Waals surface area (Å²) >= 11 is 5.87. The van der Waals surface area contributed by atoms with Crippen molar-refractivity contribution in [2.75, 3.05) is 18.0 Å². The number of anilines is 1. The highest BCUT2D eigenvalue weighted by Gasteiger charge is 2.13. The van der Waals surface area contributed by atoms with Crippen molar-refractivity contribution in [2.45, 2.75) is 13.8 Å². The lowest BCUT2D eigenvalue weighted by molar-refractivity contribution is -0.116. The van der Waals surface area contributed by atoms with Crippen molar-refractivity contribution in [1.29, 1.82) is 0 Å². The highest BCUT2D eigenvalue weighted by molar-refractivity contribution is 6.30. The van der Waals surface area contributed by atoms with E-state index in [0.29, 0.717) is 34.9 Å². The molecule has 0 saturated heterocycles. The number of nitrogens with zero attached hydrogens (tertiary/aromatic N) is 1. The number of amides is 2. The molecule has 130 valence electrons. The van der Waals surface area contributed by atoms with Crippen molar-refractivity contribution in [3.63, 3.8) is 0 Å². The first-order valence-corrected chi connectivity index (χ1v) is 8.19. The lowest BCUT2D eigenvalue weighted by atomic mass is 10.1. The molecule has 0 bridgehead atoms. The van der Waals surface area contributed by atoms with Gasteiger partial charge in [-0.05, 0) is 49.4 Å². The molecule has 6 heteroatoms. The fraction of sp³-hybridized carbons (Fsp3) is 0.211. The topological polar surface area (TPSA) is 66.5 Å². The van der Waals surface area contributed by atoms with Crippen LogP contribution in [0.1, 0.15) is 34.6 Å². The van der Waals surface area contributed by atoms with Gasteiger partial charge in [-0.15, -0.1) is 0 Å². The molecule has 5 nitrogen and oxygen atoms in total. The van der Waals surface area contributed by atoms with E-state index < -0.39 is 0 Å². The summed E-state index contributed by atoms with van der Waals surface area (Å²) in [7, 11) is 0. The second-order valence-electron chi connectivity index (χ2n) is 5.54. The summed E-state index contributed by atoms with van der Waals surface area (Å²) in [5.41, 5.74) is 1.73. The van der Waals surface area contributed by atoms with Crippen LogP contribution in [0.2, 0.25) is 5.02 Å². The van der Waals surface area contributed by atoms with Crippen molar-refractivity contribution in [3.05, 3.63) is 64.7 Å². The highest BCUT2D eigenvalue weighted by atomic mass is 35.5. The Morgan fingerprint density at radius 1 is 1.00 bits per heavy atom. The normalized spacial score (nSPS) is 10.2. The minimum Gasteiger partial charge on any atom is -0.350 e. The van der Waals surface area contributed by atoms with Gasteiger partial charge in [0.15, 0.2) is 5.78 Å². The number of halogens is 1. The van der Waals surface area contributed by atoms with Crippen LogP contribution in [0.15, 0.2) is 48.5 Å². The molecule has 0 saturated carbocycles. The second-order valence-corrected chi connectivity index (χ2v) is 5.98. The van der Waals surface area contributed by atoms with Crippen molar-refractivity contribution >= 4 is 34.9 Å². The Morgan fingerprint density at radius 2 is 1.68 bits per heavy atom. The van der Waals surface area contributed by atoms with E-state index >= 15 is 0 Å². The molecule has 2 rings (SSSR count). The Hall–Kier alpha value is -2.66. The molecule has 0 heterocycles. The zero-order valence-corrected chi connectivity index (χ0v) is 14.8. The third-order valence-corrected chi connectivity index (χ3v) is 3.91. The standard InChI is InChI=1S/C19H19ClN2O3/c1-13(23)15-6-8-18(9-7-15)22(14(2)24)11-10-21-19(25)16-4-3-5-17(20)12-16/h3-9,12H,10-11H2,1-2H3,(H,21,25). The number of nitrogens with one attached hydrogen (secondary N) is 1. The minimum atomic E-state index is -0.252. The lowest BCUT2D eigenvalue weighted by Crippen LogP contribution is -2.37. The molecule has 2 amide bonds. The van der Waals surface area contributed by atoms with Crippen molar-refractivity contribution < 1.29 is 14.4 Å². The first kappa shape index (κ1) is 18.7. The molecule has 0 aliphatic heterocycles. The quantitative estimate of drug-likeness (QED) is 0.805. The maximum absolute atomic E-state index is 12.1. The fourth-order valence-electron chi connectivity index (χ4n) is 2.36. The number of rotatable bonds is 6. The Balaban J connectivity index is 1.99. The maximum Gasteiger partial charge on any atom is 0.251 e. The zero-order valence-electron chi connectivity index (χ0n) is 14.1. The second kappa shape index (κ2) is 8.44. The van der Waals surface area contributed by atoms with E-state index in [-0.39, 0.29) is 17.6 Å². The van der Waals surface area contributed by atoms with Crippen molar-refractivity contribution in [2.24, 2.45) is 0 Å². The molecule has 0 atom stereocenters. The van der Waals surface area contributed by atoms with Gasteiger partial charge in [0, 0.05) is 41.9 Å². The molecule has 0 spiro atoms. The van der Waals surface area contributed by atoms with E-state index in [4.69, 9.17) is 11.6 Å². The van der Waals surface area contributed by atoms with Gasteiger partial charge < -0.3 is 10.2 Å². The molecule has 25 heavy (non-hydrogen) atoms. The molecule has 0 unspecified atom stereocenters. The first-order chi connectivity index (χ1) is 11.9. The molecular formula is C19H19ClN2O3. The van der Waals surface area contributed by atoms with Crippen LogP contribution < -0.4 is 10.2 Å². The Kier molecular flexibility index (Phi) is 6.31. The average Bonchev–Trinajstić information content (AvgIpc) is 2.58. The molecule has 1 N–H and O–H groups in total. The smallest absolute Gasteiger partial charge is 0.251 e. The predicted molar refractivity (Wildman–Crippen MR) is 98.3 cm³/mol. The van der Waals surface area contributed by atoms with E-state index in [2.05, 4.69) is 5.32 Å². The summed E-state index contributed by atoms with van der Waals surface area (Å²) in [4.78, 5) is 36.8. The molecule has 0 fully saturated rings. The van der Waals surface area contributed by atoms with Crippen molar-refractivity contribution in [1.82, 2.24) is 5.32 Å². The van der Waals surface area contributed by atoms with Gasteiger partial charge in [0.05, 0.1) is 0 Å². The van der Waals surface area contributed by atoms with Crippen LogP contribution in [0.25, 0.3) is 0 Å². The molecule has 0 aromatic heterocycles. The fourth-order valence-corrected chi connectivity index (χ4v) is 2.55. The summed E-state index contributed by atoms with van der Waals surface area (Å²) in [5, 5.41) is 3.25. The van der Waals surface area contributed by atoms with E-state index in [1.165, 1.54) is 13.8 Å². The molecule has 0 aliphatic carbocycles. The van der Waals surface area contributed by atoms with Gasteiger partial charge in [0.2, 0.25) is 5.91 Å². The van der Waals surface area contributed by atoms with Crippen LogP contribution >= 0.6 is 11.6 Å². The van der Waals surface area contributed by atoms with Crippen LogP contribution in [-0.2, 0) is 4.79 Å².